The van der Waals surface area contributed by atoms with Gasteiger partial charge in [0, 0.05) is 39.2 Å². The largest absolute Gasteiger partial charge is 0.361 e. The normalized spacial score (nSPS) is 23.9. The highest BCUT2D eigenvalue weighted by Gasteiger charge is 2.22. The zero-order valence-corrected chi connectivity index (χ0v) is 13.5. The molecule has 106 valence electrons. The van der Waals surface area contributed by atoms with E-state index >= 15 is 0 Å². The first-order valence-electron chi connectivity index (χ1n) is 7.24. The van der Waals surface area contributed by atoms with Gasteiger partial charge in [-0.25, -0.2) is 0 Å². The smallest absolute Gasteiger partial charge is 0.0564 e. The summed E-state index contributed by atoms with van der Waals surface area (Å²) in [5, 5.41) is 8.20. The van der Waals surface area contributed by atoms with Gasteiger partial charge in [0.25, 0.3) is 0 Å². The molecule has 0 unspecified atom stereocenters. The van der Waals surface area contributed by atoms with Crippen LogP contribution in [0.4, 0.5) is 0 Å². The fraction of sp³-hybridized carbons (Fsp3) is 0.438. The van der Waals surface area contributed by atoms with E-state index in [0.29, 0.717) is 12.1 Å². The molecule has 1 saturated heterocycles. The second-order valence-electron chi connectivity index (χ2n) is 5.69. The monoisotopic (exact) mass is 333 g/mol. The van der Waals surface area contributed by atoms with Gasteiger partial charge in [0.15, 0.2) is 0 Å². The summed E-state index contributed by atoms with van der Waals surface area (Å²) < 4.78 is 1.10. The molecular formula is C16H20BrN3. The van der Waals surface area contributed by atoms with E-state index in [1.807, 2.05) is 12.4 Å². The van der Waals surface area contributed by atoms with Crippen LogP contribution in [0.3, 0.4) is 0 Å². The lowest BCUT2D eigenvalue weighted by molar-refractivity contribution is 0.109. The molecule has 1 N–H and O–H groups in total. The van der Waals surface area contributed by atoms with Crippen molar-refractivity contribution in [2.24, 2.45) is 5.10 Å². The lowest BCUT2D eigenvalue weighted by Gasteiger charge is -2.36. The maximum atomic E-state index is 4.74. The Kier molecular flexibility index (Phi) is 3.83. The Morgan fingerprint density at radius 2 is 2.05 bits per heavy atom. The van der Waals surface area contributed by atoms with Gasteiger partial charge in [-0.3, -0.25) is 5.01 Å². The Morgan fingerprint density at radius 1 is 1.30 bits per heavy atom. The van der Waals surface area contributed by atoms with Crippen molar-refractivity contribution in [1.82, 2.24) is 9.99 Å². The highest BCUT2D eigenvalue weighted by molar-refractivity contribution is 9.10. The van der Waals surface area contributed by atoms with Gasteiger partial charge in [0.05, 0.1) is 6.21 Å². The zero-order chi connectivity index (χ0) is 14.1. The molecule has 1 aromatic carbocycles. The van der Waals surface area contributed by atoms with Crippen molar-refractivity contribution in [2.45, 2.75) is 45.2 Å². The minimum absolute atomic E-state index is 0.534. The summed E-state index contributed by atoms with van der Waals surface area (Å²) in [5.74, 6) is 0. The summed E-state index contributed by atoms with van der Waals surface area (Å²) in [6.07, 6.45) is 7.81. The molecule has 1 aliphatic heterocycles. The van der Waals surface area contributed by atoms with Gasteiger partial charge in [-0.1, -0.05) is 15.9 Å². The number of aromatic nitrogens is 1. The molecule has 0 spiro atoms. The quantitative estimate of drug-likeness (QED) is 0.804. The number of fused-ring (bicyclic) bond motifs is 1. The molecule has 2 aromatic rings. The average molecular weight is 334 g/mol. The van der Waals surface area contributed by atoms with E-state index < -0.39 is 0 Å². The molecule has 0 aliphatic carbocycles. The Morgan fingerprint density at radius 3 is 2.80 bits per heavy atom. The minimum atomic E-state index is 0.534. The highest BCUT2D eigenvalue weighted by atomic mass is 79.9. The molecule has 1 aliphatic rings. The van der Waals surface area contributed by atoms with Crippen molar-refractivity contribution < 1.29 is 0 Å². The topological polar surface area (TPSA) is 31.4 Å². The molecule has 1 aromatic heterocycles. The molecule has 2 atom stereocenters. The zero-order valence-electron chi connectivity index (χ0n) is 11.9. The summed E-state index contributed by atoms with van der Waals surface area (Å²) >= 11 is 3.53. The second-order valence-corrected chi connectivity index (χ2v) is 6.60. The Hall–Kier alpha value is -1.29. The molecule has 0 amide bonds. The van der Waals surface area contributed by atoms with E-state index in [9.17, 15) is 0 Å². The molecule has 2 heterocycles. The first kappa shape index (κ1) is 13.7. The van der Waals surface area contributed by atoms with Crippen molar-refractivity contribution in [2.75, 3.05) is 0 Å². The fourth-order valence-corrected chi connectivity index (χ4v) is 3.35. The summed E-state index contributed by atoms with van der Waals surface area (Å²) in [7, 11) is 0. The third kappa shape index (κ3) is 2.62. The van der Waals surface area contributed by atoms with Crippen LogP contribution in [0.2, 0.25) is 0 Å². The van der Waals surface area contributed by atoms with Gasteiger partial charge in [0.2, 0.25) is 0 Å². The molecule has 0 saturated carbocycles. The van der Waals surface area contributed by atoms with Crippen LogP contribution in [-0.4, -0.2) is 28.3 Å². The minimum Gasteiger partial charge on any atom is -0.361 e. The van der Waals surface area contributed by atoms with Crippen LogP contribution >= 0.6 is 15.9 Å². The summed E-state index contributed by atoms with van der Waals surface area (Å²) in [5.41, 5.74) is 2.29. The number of H-pyrrole nitrogens is 1. The van der Waals surface area contributed by atoms with Crippen molar-refractivity contribution in [1.29, 1.82) is 0 Å². The molecule has 3 nitrogen and oxygen atoms in total. The van der Waals surface area contributed by atoms with Crippen LogP contribution < -0.4 is 0 Å². The van der Waals surface area contributed by atoms with Crippen molar-refractivity contribution in [3.63, 3.8) is 0 Å². The van der Waals surface area contributed by atoms with E-state index in [1.54, 1.807) is 0 Å². The molecule has 0 bridgehead atoms. The lowest BCUT2D eigenvalue weighted by atomic mass is 10.00. The Bertz CT molecular complexity index is 622. The SMILES string of the molecule is C[C@@H]1CCC[C@H](C)N1/N=C/c1c[nH]c2ccc(Br)cc12. The first-order valence-corrected chi connectivity index (χ1v) is 8.03. The molecule has 1 fully saturated rings. The van der Waals surface area contributed by atoms with Gasteiger partial charge < -0.3 is 4.98 Å². The Balaban J connectivity index is 1.88. The van der Waals surface area contributed by atoms with E-state index in [0.717, 1.165) is 15.6 Å². The number of hydrogen-bond acceptors (Lipinski definition) is 2. The third-order valence-electron chi connectivity index (χ3n) is 4.15. The van der Waals surface area contributed by atoms with Crippen LogP contribution in [0.15, 0.2) is 34.0 Å². The van der Waals surface area contributed by atoms with Crippen molar-refractivity contribution in [3.8, 4) is 0 Å². The van der Waals surface area contributed by atoms with Crippen molar-refractivity contribution in [3.05, 3.63) is 34.4 Å². The number of hydrazone groups is 1. The molecule has 4 heteroatoms. The fourth-order valence-electron chi connectivity index (χ4n) is 2.99. The number of halogens is 1. The third-order valence-corrected chi connectivity index (χ3v) is 4.65. The average Bonchev–Trinajstić information content (AvgIpc) is 2.81. The van der Waals surface area contributed by atoms with Gasteiger partial charge in [-0.2, -0.15) is 5.10 Å². The Labute approximate surface area is 128 Å². The molecular weight excluding hydrogens is 314 g/mol. The van der Waals surface area contributed by atoms with Crippen LogP contribution in [0.25, 0.3) is 10.9 Å². The predicted octanol–water partition coefficient (Wildman–Crippen LogP) is 4.53. The number of rotatable bonds is 2. The standard InChI is InChI=1S/C16H20BrN3/c1-11-4-3-5-12(2)20(11)19-10-13-9-18-16-7-6-14(17)8-15(13)16/h6-12,18H,3-5H2,1-2H3/b19-10+/t11-,12+. The van der Waals surface area contributed by atoms with Crippen LogP contribution in [0, 0.1) is 0 Å². The molecule has 3 rings (SSSR count). The number of nitrogens with zero attached hydrogens (tertiary/aromatic N) is 2. The van der Waals surface area contributed by atoms with Crippen LogP contribution in [0.5, 0.6) is 0 Å². The van der Waals surface area contributed by atoms with E-state index in [2.05, 4.69) is 58.0 Å². The number of hydrogen-bond donors (Lipinski definition) is 1. The van der Waals surface area contributed by atoms with E-state index in [-0.39, 0.29) is 0 Å². The van der Waals surface area contributed by atoms with Crippen LogP contribution in [-0.2, 0) is 0 Å². The number of aromatic amines is 1. The van der Waals surface area contributed by atoms with E-state index in [4.69, 9.17) is 5.10 Å². The summed E-state index contributed by atoms with van der Waals surface area (Å²) in [4.78, 5) is 3.29. The maximum Gasteiger partial charge on any atom is 0.0564 e. The summed E-state index contributed by atoms with van der Waals surface area (Å²) in [6.45, 7) is 4.53. The highest BCUT2D eigenvalue weighted by Crippen LogP contribution is 2.24. The van der Waals surface area contributed by atoms with E-state index in [1.165, 1.54) is 24.6 Å². The first-order chi connectivity index (χ1) is 9.65. The number of benzene rings is 1. The predicted molar refractivity (Wildman–Crippen MR) is 88.2 cm³/mol. The number of nitrogens with one attached hydrogen (secondary N) is 1. The second kappa shape index (κ2) is 5.60. The lowest BCUT2D eigenvalue weighted by Crippen LogP contribution is -2.39. The molecule has 20 heavy (non-hydrogen) atoms. The van der Waals surface area contributed by atoms with Gasteiger partial charge in [0.1, 0.15) is 0 Å². The number of piperidine rings is 1. The van der Waals surface area contributed by atoms with Gasteiger partial charge in [-0.15, -0.1) is 0 Å². The van der Waals surface area contributed by atoms with Crippen LogP contribution in [0.1, 0.15) is 38.7 Å². The molecule has 0 radical (unpaired) electrons. The summed E-state index contributed by atoms with van der Waals surface area (Å²) in [6, 6.07) is 7.34. The maximum absolute atomic E-state index is 4.74. The van der Waals surface area contributed by atoms with Crippen molar-refractivity contribution >= 4 is 33.0 Å². The van der Waals surface area contributed by atoms with Gasteiger partial charge in [-0.05, 0) is 51.3 Å². The van der Waals surface area contributed by atoms with Gasteiger partial charge >= 0.3 is 0 Å².